The third-order valence-electron chi connectivity index (χ3n) is 2.46. The molecular weight excluding hydrogens is 144 g/mol. The molecular formula is C8H14O3. The quantitative estimate of drug-likeness (QED) is 0.609. The van der Waals surface area contributed by atoms with Crippen LogP contribution < -0.4 is 0 Å². The monoisotopic (exact) mass is 158 g/mol. The van der Waals surface area contributed by atoms with E-state index in [2.05, 4.69) is 0 Å². The molecule has 0 bridgehead atoms. The van der Waals surface area contributed by atoms with Gasteiger partial charge in [-0.15, -0.1) is 0 Å². The van der Waals surface area contributed by atoms with Crippen molar-refractivity contribution in [3.8, 4) is 0 Å². The summed E-state index contributed by atoms with van der Waals surface area (Å²) < 4.78 is 10.6. The van der Waals surface area contributed by atoms with Gasteiger partial charge >= 0.3 is 0 Å². The molecule has 0 amide bonds. The second-order valence-electron chi connectivity index (χ2n) is 3.30. The minimum absolute atomic E-state index is 0.0648. The Kier molecular flexibility index (Phi) is 1.87. The molecule has 11 heavy (non-hydrogen) atoms. The highest BCUT2D eigenvalue weighted by molar-refractivity contribution is 4.85. The fourth-order valence-corrected chi connectivity index (χ4v) is 1.83. The van der Waals surface area contributed by atoms with E-state index in [1.807, 2.05) is 0 Å². The van der Waals surface area contributed by atoms with Crippen LogP contribution in [-0.2, 0) is 9.47 Å². The predicted molar refractivity (Wildman–Crippen MR) is 39.1 cm³/mol. The number of hydrogen-bond acceptors (Lipinski definition) is 3. The van der Waals surface area contributed by atoms with Crippen molar-refractivity contribution in [1.29, 1.82) is 0 Å². The van der Waals surface area contributed by atoms with Crippen LogP contribution in [0.2, 0.25) is 0 Å². The molecule has 0 radical (unpaired) electrons. The number of ether oxygens (including phenoxy) is 2. The van der Waals surface area contributed by atoms with Crippen LogP contribution in [0, 0.1) is 0 Å². The van der Waals surface area contributed by atoms with E-state index >= 15 is 0 Å². The number of hydrogen-bond donors (Lipinski definition) is 1. The average Bonchev–Trinajstić information content (AvgIpc) is 2.55. The van der Waals surface area contributed by atoms with Crippen molar-refractivity contribution in [2.24, 2.45) is 0 Å². The Morgan fingerprint density at radius 1 is 1.27 bits per heavy atom. The molecule has 3 nitrogen and oxygen atoms in total. The Morgan fingerprint density at radius 2 is 2.18 bits per heavy atom. The Bertz CT molecular complexity index is 134. The lowest BCUT2D eigenvalue weighted by molar-refractivity contribution is -0.231. The topological polar surface area (TPSA) is 38.7 Å². The Labute approximate surface area is 66.3 Å². The van der Waals surface area contributed by atoms with E-state index in [0.717, 1.165) is 32.3 Å². The minimum atomic E-state index is -0.948. The minimum Gasteiger partial charge on any atom is -0.373 e. The molecule has 2 atom stereocenters. The van der Waals surface area contributed by atoms with Gasteiger partial charge in [0.25, 0.3) is 0 Å². The molecule has 0 aliphatic carbocycles. The molecule has 2 fully saturated rings. The Balaban J connectivity index is 2.00. The van der Waals surface area contributed by atoms with Gasteiger partial charge in [0.05, 0.1) is 6.61 Å². The zero-order chi connectivity index (χ0) is 7.73. The molecule has 2 saturated heterocycles. The molecule has 0 spiro atoms. The molecule has 64 valence electrons. The van der Waals surface area contributed by atoms with E-state index < -0.39 is 5.79 Å². The molecule has 0 aromatic heterocycles. The van der Waals surface area contributed by atoms with Gasteiger partial charge in [-0.3, -0.25) is 0 Å². The zero-order valence-corrected chi connectivity index (χ0v) is 6.58. The van der Waals surface area contributed by atoms with Crippen molar-refractivity contribution in [2.75, 3.05) is 13.2 Å². The van der Waals surface area contributed by atoms with Crippen LogP contribution in [-0.4, -0.2) is 30.2 Å². The average molecular weight is 158 g/mol. The van der Waals surface area contributed by atoms with Crippen LogP contribution in [0.1, 0.15) is 25.7 Å². The third-order valence-corrected chi connectivity index (χ3v) is 2.46. The van der Waals surface area contributed by atoms with Crippen molar-refractivity contribution in [3.05, 3.63) is 0 Å². The van der Waals surface area contributed by atoms with Gasteiger partial charge < -0.3 is 14.6 Å². The summed E-state index contributed by atoms with van der Waals surface area (Å²) in [4.78, 5) is 0. The summed E-state index contributed by atoms with van der Waals surface area (Å²) >= 11 is 0. The summed E-state index contributed by atoms with van der Waals surface area (Å²) in [7, 11) is 0. The summed E-state index contributed by atoms with van der Waals surface area (Å²) in [5.41, 5.74) is 0. The smallest absolute Gasteiger partial charge is 0.192 e. The van der Waals surface area contributed by atoms with Crippen LogP contribution in [0.3, 0.4) is 0 Å². The molecule has 0 aromatic carbocycles. The van der Waals surface area contributed by atoms with Crippen molar-refractivity contribution >= 4 is 0 Å². The van der Waals surface area contributed by atoms with Crippen molar-refractivity contribution in [2.45, 2.75) is 37.6 Å². The molecule has 2 heterocycles. The van der Waals surface area contributed by atoms with Crippen molar-refractivity contribution in [1.82, 2.24) is 0 Å². The molecule has 2 aliphatic heterocycles. The van der Waals surface area contributed by atoms with E-state index in [0.29, 0.717) is 6.61 Å². The molecule has 2 unspecified atom stereocenters. The number of rotatable bonds is 1. The molecule has 0 saturated carbocycles. The van der Waals surface area contributed by atoms with Crippen LogP contribution in [0.25, 0.3) is 0 Å². The van der Waals surface area contributed by atoms with E-state index in [-0.39, 0.29) is 6.10 Å². The molecule has 2 aliphatic rings. The first kappa shape index (κ1) is 7.53. The summed E-state index contributed by atoms with van der Waals surface area (Å²) in [5.74, 6) is -0.948. The maximum Gasteiger partial charge on any atom is 0.192 e. The van der Waals surface area contributed by atoms with Gasteiger partial charge in [-0.05, 0) is 19.3 Å². The van der Waals surface area contributed by atoms with E-state index in [9.17, 15) is 5.11 Å². The van der Waals surface area contributed by atoms with Crippen molar-refractivity contribution < 1.29 is 14.6 Å². The predicted octanol–water partition coefficient (Wildman–Crippen LogP) is 0.664. The molecule has 1 N–H and O–H groups in total. The van der Waals surface area contributed by atoms with Crippen LogP contribution in [0.5, 0.6) is 0 Å². The SMILES string of the molecule is OC1(C2CCCO2)CCCO1. The van der Waals surface area contributed by atoms with E-state index in [4.69, 9.17) is 9.47 Å². The highest BCUT2D eigenvalue weighted by atomic mass is 16.7. The molecule has 2 rings (SSSR count). The second kappa shape index (κ2) is 2.73. The highest BCUT2D eigenvalue weighted by Gasteiger charge is 2.43. The summed E-state index contributed by atoms with van der Waals surface area (Å²) in [6.07, 6.45) is 3.62. The summed E-state index contributed by atoms with van der Waals surface area (Å²) in [5, 5.41) is 9.84. The Morgan fingerprint density at radius 3 is 2.73 bits per heavy atom. The highest BCUT2D eigenvalue weighted by Crippen LogP contribution is 2.32. The normalized spacial score (nSPS) is 45.0. The van der Waals surface area contributed by atoms with Gasteiger partial charge in [-0.2, -0.15) is 0 Å². The van der Waals surface area contributed by atoms with Gasteiger partial charge in [0.1, 0.15) is 6.10 Å². The summed E-state index contributed by atoms with van der Waals surface area (Å²) in [6, 6.07) is 0. The van der Waals surface area contributed by atoms with Gasteiger partial charge in [0.15, 0.2) is 5.79 Å². The van der Waals surface area contributed by atoms with Crippen molar-refractivity contribution in [3.63, 3.8) is 0 Å². The first-order valence-electron chi connectivity index (χ1n) is 4.29. The maximum atomic E-state index is 9.84. The fourth-order valence-electron chi connectivity index (χ4n) is 1.83. The van der Waals surface area contributed by atoms with Crippen LogP contribution >= 0.6 is 0 Å². The number of aliphatic hydroxyl groups is 1. The van der Waals surface area contributed by atoms with E-state index in [1.165, 1.54) is 0 Å². The maximum absolute atomic E-state index is 9.84. The second-order valence-corrected chi connectivity index (χ2v) is 3.30. The van der Waals surface area contributed by atoms with Gasteiger partial charge in [0, 0.05) is 13.0 Å². The lowest BCUT2D eigenvalue weighted by Gasteiger charge is -2.27. The van der Waals surface area contributed by atoms with Gasteiger partial charge in [-0.1, -0.05) is 0 Å². The fraction of sp³-hybridized carbons (Fsp3) is 1.00. The lowest BCUT2D eigenvalue weighted by atomic mass is 10.0. The van der Waals surface area contributed by atoms with Crippen LogP contribution in [0.4, 0.5) is 0 Å². The first-order valence-corrected chi connectivity index (χ1v) is 4.29. The molecule has 3 heteroatoms. The zero-order valence-electron chi connectivity index (χ0n) is 6.58. The third kappa shape index (κ3) is 1.28. The van der Waals surface area contributed by atoms with E-state index in [1.54, 1.807) is 0 Å². The standard InChI is InChI=1S/C8H14O3/c9-8(4-2-6-11-8)7-3-1-5-10-7/h7,9H,1-6H2. The molecule has 0 aromatic rings. The lowest BCUT2D eigenvalue weighted by Crippen LogP contribution is -2.40. The van der Waals surface area contributed by atoms with Gasteiger partial charge in [-0.25, -0.2) is 0 Å². The first-order chi connectivity index (χ1) is 5.31. The Hall–Kier alpha value is -0.120. The largest absolute Gasteiger partial charge is 0.373 e. The van der Waals surface area contributed by atoms with Crippen LogP contribution in [0.15, 0.2) is 0 Å². The summed E-state index contributed by atoms with van der Waals surface area (Å²) in [6.45, 7) is 1.45. The van der Waals surface area contributed by atoms with Gasteiger partial charge in [0.2, 0.25) is 0 Å².